The van der Waals surface area contributed by atoms with Crippen molar-refractivity contribution in [2.45, 2.75) is 18.9 Å². The third kappa shape index (κ3) is 5.33. The number of carbonyl (C=O) groups excluding carboxylic acids is 1. The molecule has 0 bridgehead atoms. The molecule has 0 spiro atoms. The van der Waals surface area contributed by atoms with E-state index in [0.29, 0.717) is 17.9 Å². The topological polar surface area (TPSA) is 77.8 Å². The van der Waals surface area contributed by atoms with Crippen LogP contribution in [0.25, 0.3) is 0 Å². The first-order valence-corrected chi connectivity index (χ1v) is 6.34. The van der Waals surface area contributed by atoms with E-state index in [9.17, 15) is 4.79 Å². The molecule has 0 aromatic carbocycles. The van der Waals surface area contributed by atoms with Crippen molar-refractivity contribution in [1.29, 1.82) is 0 Å². The molecule has 0 aromatic rings. The maximum absolute atomic E-state index is 11.5. The Morgan fingerprint density at radius 1 is 1.44 bits per heavy atom. The number of Topliss-reactive ketones (excluding diaryl/α,β-unsaturated/α-hetero) is 1. The summed E-state index contributed by atoms with van der Waals surface area (Å²) >= 11 is 1.46. The fourth-order valence-corrected chi connectivity index (χ4v) is 3.03. The van der Waals surface area contributed by atoms with Crippen LogP contribution in [0.3, 0.4) is 0 Å². The first-order valence-electron chi connectivity index (χ1n) is 5.19. The van der Waals surface area contributed by atoms with E-state index < -0.39 is 6.10 Å². The quantitative estimate of drug-likeness (QED) is 0.505. The van der Waals surface area contributed by atoms with Crippen molar-refractivity contribution in [3.05, 3.63) is 0 Å². The van der Waals surface area contributed by atoms with E-state index in [-0.39, 0.29) is 74.9 Å². The number of ketones is 1. The van der Waals surface area contributed by atoms with Gasteiger partial charge < -0.3 is 15.3 Å². The molecule has 1 radical (unpaired) electrons. The zero-order chi connectivity index (χ0) is 11.3. The molecule has 91 valence electrons. The molecule has 0 aromatic heterocycles. The molecule has 0 heterocycles. The van der Waals surface area contributed by atoms with E-state index in [1.54, 1.807) is 0 Å². The van der Waals surface area contributed by atoms with Crippen LogP contribution in [0.15, 0.2) is 0 Å². The summed E-state index contributed by atoms with van der Waals surface area (Å²) in [5.74, 6) is 1.33. The van der Waals surface area contributed by atoms with Gasteiger partial charge in [-0.3, -0.25) is 4.79 Å². The second-order valence-corrected chi connectivity index (χ2v) is 5.00. The van der Waals surface area contributed by atoms with Crippen molar-refractivity contribution in [2.24, 2.45) is 11.8 Å². The molecule has 0 amide bonds. The molecule has 0 aliphatic heterocycles. The summed E-state index contributed by atoms with van der Waals surface area (Å²) in [6, 6.07) is 0. The van der Waals surface area contributed by atoms with Crippen molar-refractivity contribution in [3.63, 3.8) is 0 Å². The van der Waals surface area contributed by atoms with Gasteiger partial charge in [0.05, 0.1) is 12.7 Å². The minimum Gasteiger partial charge on any atom is -0.396 e. The molecule has 4 nitrogen and oxygen atoms in total. The van der Waals surface area contributed by atoms with Crippen molar-refractivity contribution in [3.8, 4) is 0 Å². The molecule has 6 heteroatoms. The zero-order valence-corrected chi connectivity index (χ0v) is 14.8. The first kappa shape index (κ1) is 17.3. The minimum absolute atomic E-state index is 0. The zero-order valence-electron chi connectivity index (χ0n) is 9.21. The van der Waals surface area contributed by atoms with Crippen LogP contribution in [0, 0.1) is 55.9 Å². The molecule has 1 aliphatic rings. The van der Waals surface area contributed by atoms with Gasteiger partial charge in [0.2, 0.25) is 0 Å². The van der Waals surface area contributed by atoms with Gasteiger partial charge in [-0.2, -0.15) is 11.8 Å². The van der Waals surface area contributed by atoms with Gasteiger partial charge in [0, 0.05) is 74.5 Å². The molecule has 16 heavy (non-hydrogen) atoms. The van der Waals surface area contributed by atoms with Gasteiger partial charge in [0.25, 0.3) is 0 Å². The normalized spacial score (nSPS) is 26.6. The Kier molecular flexibility index (Phi) is 10.1. The summed E-state index contributed by atoms with van der Waals surface area (Å²) in [5, 5.41) is 26.8. The number of hydrogen-bond donors (Lipinski definition) is 3. The number of hydrogen-bond acceptors (Lipinski definition) is 5. The minimum atomic E-state index is -0.709. The second-order valence-electron chi connectivity index (χ2n) is 3.93. The van der Waals surface area contributed by atoms with Crippen LogP contribution in [0.5, 0.6) is 0 Å². The SMILES string of the molecule is O=C1CCC(CO)C1CSCC(O)CO.[Ac]. The van der Waals surface area contributed by atoms with Crippen LogP contribution in [0.1, 0.15) is 12.8 Å². The summed E-state index contributed by atoms with van der Waals surface area (Å²) in [5.41, 5.74) is 0. The molecule has 3 N–H and O–H groups in total. The Hall–Kier alpha value is 1.34. The molecule has 3 atom stereocenters. The van der Waals surface area contributed by atoms with Crippen LogP contribution in [-0.4, -0.2) is 51.9 Å². The van der Waals surface area contributed by atoms with Crippen LogP contribution in [0.4, 0.5) is 0 Å². The Morgan fingerprint density at radius 3 is 2.69 bits per heavy atom. The van der Waals surface area contributed by atoms with E-state index in [1.807, 2.05) is 0 Å². The summed E-state index contributed by atoms with van der Waals surface area (Å²) in [4.78, 5) is 11.5. The summed E-state index contributed by atoms with van der Waals surface area (Å²) in [6.07, 6.45) is 0.640. The van der Waals surface area contributed by atoms with Crippen molar-refractivity contribution in [2.75, 3.05) is 24.7 Å². The largest absolute Gasteiger partial charge is 0.396 e. The molecule has 1 aliphatic carbocycles. The van der Waals surface area contributed by atoms with E-state index in [4.69, 9.17) is 15.3 Å². The number of aliphatic hydroxyl groups is 3. The summed E-state index contributed by atoms with van der Waals surface area (Å²) in [6.45, 7) is -0.172. The van der Waals surface area contributed by atoms with Crippen molar-refractivity contribution in [1.82, 2.24) is 0 Å². The van der Waals surface area contributed by atoms with Crippen molar-refractivity contribution >= 4 is 17.5 Å². The Labute approximate surface area is 136 Å². The fraction of sp³-hybridized carbons (Fsp3) is 0.900. The number of carbonyl (C=O) groups is 1. The summed E-state index contributed by atoms with van der Waals surface area (Å²) < 4.78 is 0. The first-order chi connectivity index (χ1) is 7.19. The Bertz CT molecular complexity index is 215. The molecule has 1 saturated carbocycles. The molecular formula is C10H18AcO4S. The maximum Gasteiger partial charge on any atom is 0.137 e. The van der Waals surface area contributed by atoms with Crippen LogP contribution in [-0.2, 0) is 4.79 Å². The average Bonchev–Trinajstić information content (AvgIpc) is 2.60. The van der Waals surface area contributed by atoms with Gasteiger partial charge in [0.1, 0.15) is 5.78 Å². The summed E-state index contributed by atoms with van der Waals surface area (Å²) in [7, 11) is 0. The smallest absolute Gasteiger partial charge is 0.137 e. The predicted octanol–water partition coefficient (Wildman–Crippen LogP) is -0.340. The van der Waals surface area contributed by atoms with Gasteiger partial charge in [-0.25, -0.2) is 0 Å². The molecular weight excluding hydrogens is 443 g/mol. The average molecular weight is 461 g/mol. The fourth-order valence-electron chi connectivity index (χ4n) is 1.81. The molecule has 3 unspecified atom stereocenters. The van der Waals surface area contributed by atoms with Gasteiger partial charge in [-0.1, -0.05) is 0 Å². The monoisotopic (exact) mass is 461 g/mol. The van der Waals surface area contributed by atoms with Crippen LogP contribution < -0.4 is 0 Å². The van der Waals surface area contributed by atoms with E-state index >= 15 is 0 Å². The second kappa shape index (κ2) is 9.30. The van der Waals surface area contributed by atoms with E-state index in [2.05, 4.69) is 0 Å². The van der Waals surface area contributed by atoms with Gasteiger partial charge in [-0.15, -0.1) is 0 Å². The third-order valence-corrected chi connectivity index (χ3v) is 4.01. The van der Waals surface area contributed by atoms with Gasteiger partial charge >= 0.3 is 0 Å². The van der Waals surface area contributed by atoms with Crippen LogP contribution >= 0.6 is 11.8 Å². The van der Waals surface area contributed by atoms with Gasteiger partial charge in [0.15, 0.2) is 0 Å². The van der Waals surface area contributed by atoms with Crippen LogP contribution in [0.2, 0.25) is 0 Å². The predicted molar refractivity (Wildman–Crippen MR) is 58.7 cm³/mol. The molecule has 1 fully saturated rings. The van der Waals surface area contributed by atoms with E-state index in [0.717, 1.165) is 6.42 Å². The standard InChI is InChI=1S/C10H18O4S.Ac/c11-3-7-1-2-10(14)9(7)6-15-5-8(13)4-12;/h7-9,11-13H,1-6H2;. The van der Waals surface area contributed by atoms with E-state index in [1.165, 1.54) is 11.8 Å². The molecule has 0 saturated heterocycles. The number of aliphatic hydroxyl groups excluding tert-OH is 3. The third-order valence-electron chi connectivity index (χ3n) is 2.80. The molecule has 1 rings (SSSR count). The maximum atomic E-state index is 11.5. The number of thioether (sulfide) groups is 1. The van der Waals surface area contributed by atoms with Gasteiger partial charge in [-0.05, 0) is 12.3 Å². The number of rotatable bonds is 6. The Balaban J connectivity index is 0.00000225. The Morgan fingerprint density at radius 2 is 2.12 bits per heavy atom. The van der Waals surface area contributed by atoms with Crippen molar-refractivity contribution < 1.29 is 64.2 Å².